The molecule has 2 heterocycles. The average Bonchev–Trinajstić information content (AvgIpc) is 3.24. The molecule has 1 aliphatic heterocycles. The molecule has 6 heteroatoms. The second kappa shape index (κ2) is 6.65. The van der Waals surface area contributed by atoms with Crippen molar-refractivity contribution in [2.75, 3.05) is 26.2 Å². The van der Waals surface area contributed by atoms with Crippen molar-refractivity contribution in [3.63, 3.8) is 0 Å². The summed E-state index contributed by atoms with van der Waals surface area (Å²) in [7, 11) is 0. The van der Waals surface area contributed by atoms with Crippen molar-refractivity contribution in [1.82, 2.24) is 9.80 Å². The SMILES string of the molecule is NC(CC(=O)N1CCN(Cc2ccc(Cl)s2)CC1)C1CC1. The van der Waals surface area contributed by atoms with Gasteiger partial charge in [0.2, 0.25) is 5.91 Å². The summed E-state index contributed by atoms with van der Waals surface area (Å²) < 4.78 is 0.841. The number of halogens is 1. The van der Waals surface area contributed by atoms with Crippen LogP contribution in [0.25, 0.3) is 0 Å². The Kier molecular flexibility index (Phi) is 4.84. The molecule has 116 valence electrons. The van der Waals surface area contributed by atoms with Gasteiger partial charge in [0.15, 0.2) is 0 Å². The molecule has 0 bridgehead atoms. The summed E-state index contributed by atoms with van der Waals surface area (Å²) in [5.74, 6) is 0.826. The zero-order chi connectivity index (χ0) is 14.8. The fraction of sp³-hybridized carbons (Fsp3) is 0.667. The lowest BCUT2D eigenvalue weighted by Crippen LogP contribution is -2.49. The maximum absolute atomic E-state index is 12.2. The van der Waals surface area contributed by atoms with Gasteiger partial charge in [-0.15, -0.1) is 11.3 Å². The minimum Gasteiger partial charge on any atom is -0.340 e. The molecule has 1 amide bonds. The number of piperazine rings is 1. The van der Waals surface area contributed by atoms with E-state index in [9.17, 15) is 4.79 Å². The molecular weight excluding hydrogens is 306 g/mol. The molecule has 1 unspecified atom stereocenters. The predicted molar refractivity (Wildman–Crippen MR) is 86.5 cm³/mol. The van der Waals surface area contributed by atoms with E-state index in [0.717, 1.165) is 37.1 Å². The molecule has 0 spiro atoms. The van der Waals surface area contributed by atoms with E-state index in [4.69, 9.17) is 17.3 Å². The highest BCUT2D eigenvalue weighted by molar-refractivity contribution is 7.16. The van der Waals surface area contributed by atoms with Crippen LogP contribution in [-0.2, 0) is 11.3 Å². The summed E-state index contributed by atoms with van der Waals surface area (Å²) in [5, 5.41) is 0. The van der Waals surface area contributed by atoms with E-state index in [1.165, 1.54) is 17.7 Å². The Bertz CT molecular complexity index is 495. The van der Waals surface area contributed by atoms with Crippen molar-refractivity contribution in [3.05, 3.63) is 21.3 Å². The highest BCUT2D eigenvalue weighted by atomic mass is 35.5. The van der Waals surface area contributed by atoms with Crippen LogP contribution in [0, 0.1) is 5.92 Å². The molecule has 1 atom stereocenters. The largest absolute Gasteiger partial charge is 0.340 e. The lowest BCUT2D eigenvalue weighted by molar-refractivity contribution is -0.133. The first kappa shape index (κ1) is 15.3. The van der Waals surface area contributed by atoms with Crippen molar-refractivity contribution in [2.45, 2.75) is 31.8 Å². The highest BCUT2D eigenvalue weighted by Crippen LogP contribution is 2.33. The number of amides is 1. The minimum absolute atomic E-state index is 0.0730. The van der Waals surface area contributed by atoms with Gasteiger partial charge in [-0.05, 0) is 30.9 Å². The standard InChI is InChI=1S/C15H22ClN3OS/c16-14-4-3-12(21-14)10-18-5-7-19(8-6-18)15(20)9-13(17)11-1-2-11/h3-4,11,13H,1-2,5-10,17H2. The number of carbonyl (C=O) groups is 1. The number of hydrogen-bond acceptors (Lipinski definition) is 4. The van der Waals surface area contributed by atoms with Gasteiger partial charge in [-0.25, -0.2) is 0 Å². The summed E-state index contributed by atoms with van der Waals surface area (Å²) in [6, 6.07) is 4.10. The fourth-order valence-corrected chi connectivity index (χ4v) is 3.96. The van der Waals surface area contributed by atoms with Crippen LogP contribution >= 0.6 is 22.9 Å². The summed E-state index contributed by atoms with van der Waals surface area (Å²) in [6.45, 7) is 4.42. The Hall–Kier alpha value is -0.620. The molecule has 21 heavy (non-hydrogen) atoms. The van der Waals surface area contributed by atoms with E-state index < -0.39 is 0 Å². The normalized spacial score (nSPS) is 21.5. The fourth-order valence-electron chi connectivity index (χ4n) is 2.83. The second-order valence-electron chi connectivity index (χ2n) is 6.07. The van der Waals surface area contributed by atoms with Gasteiger partial charge in [0.25, 0.3) is 0 Å². The zero-order valence-corrected chi connectivity index (χ0v) is 13.7. The third kappa shape index (κ3) is 4.19. The molecular formula is C15H22ClN3OS. The molecule has 1 saturated carbocycles. The van der Waals surface area contributed by atoms with Crippen LogP contribution < -0.4 is 5.73 Å². The number of hydrogen-bond donors (Lipinski definition) is 1. The van der Waals surface area contributed by atoms with Crippen molar-refractivity contribution in [3.8, 4) is 0 Å². The van der Waals surface area contributed by atoms with Crippen molar-refractivity contribution in [1.29, 1.82) is 0 Å². The van der Waals surface area contributed by atoms with Gasteiger partial charge in [-0.1, -0.05) is 11.6 Å². The van der Waals surface area contributed by atoms with Crippen LogP contribution in [0.4, 0.5) is 0 Å². The lowest BCUT2D eigenvalue weighted by atomic mass is 10.1. The summed E-state index contributed by atoms with van der Waals surface area (Å²) in [5.41, 5.74) is 6.05. The van der Waals surface area contributed by atoms with Gasteiger partial charge in [0, 0.05) is 50.1 Å². The Morgan fingerprint density at radius 1 is 1.33 bits per heavy atom. The van der Waals surface area contributed by atoms with Gasteiger partial charge in [-0.2, -0.15) is 0 Å². The molecule has 1 saturated heterocycles. The van der Waals surface area contributed by atoms with Gasteiger partial charge in [0.05, 0.1) is 4.34 Å². The summed E-state index contributed by atoms with van der Waals surface area (Å²) in [4.78, 5) is 17.9. The number of carbonyl (C=O) groups excluding carboxylic acids is 1. The number of rotatable bonds is 5. The van der Waals surface area contributed by atoms with Crippen LogP contribution in [0.3, 0.4) is 0 Å². The van der Waals surface area contributed by atoms with Crippen LogP contribution in [0.2, 0.25) is 4.34 Å². The Morgan fingerprint density at radius 3 is 2.62 bits per heavy atom. The Morgan fingerprint density at radius 2 is 2.05 bits per heavy atom. The molecule has 0 radical (unpaired) electrons. The topological polar surface area (TPSA) is 49.6 Å². The van der Waals surface area contributed by atoms with E-state index in [2.05, 4.69) is 11.0 Å². The minimum atomic E-state index is 0.0730. The van der Waals surface area contributed by atoms with E-state index >= 15 is 0 Å². The first-order valence-electron chi connectivity index (χ1n) is 7.62. The molecule has 0 aromatic carbocycles. The lowest BCUT2D eigenvalue weighted by Gasteiger charge is -2.35. The first-order chi connectivity index (χ1) is 10.1. The van der Waals surface area contributed by atoms with E-state index in [0.29, 0.717) is 12.3 Å². The maximum atomic E-state index is 12.2. The molecule has 4 nitrogen and oxygen atoms in total. The molecule has 2 fully saturated rings. The second-order valence-corrected chi connectivity index (χ2v) is 7.87. The van der Waals surface area contributed by atoms with E-state index in [1.54, 1.807) is 11.3 Å². The average molecular weight is 328 g/mol. The Labute approximate surface area is 134 Å². The van der Waals surface area contributed by atoms with Crippen molar-refractivity contribution < 1.29 is 4.79 Å². The molecule has 3 rings (SSSR count). The van der Waals surface area contributed by atoms with Crippen molar-refractivity contribution >= 4 is 28.8 Å². The number of thiophene rings is 1. The van der Waals surface area contributed by atoms with Gasteiger partial charge >= 0.3 is 0 Å². The number of nitrogens with two attached hydrogens (primary N) is 1. The van der Waals surface area contributed by atoms with Crippen LogP contribution in [-0.4, -0.2) is 47.9 Å². The van der Waals surface area contributed by atoms with Crippen LogP contribution in [0.1, 0.15) is 24.1 Å². The van der Waals surface area contributed by atoms with Gasteiger partial charge < -0.3 is 10.6 Å². The van der Waals surface area contributed by atoms with Gasteiger partial charge in [-0.3, -0.25) is 9.69 Å². The first-order valence-corrected chi connectivity index (χ1v) is 8.81. The third-order valence-electron chi connectivity index (χ3n) is 4.37. The molecule has 2 N–H and O–H groups in total. The van der Waals surface area contributed by atoms with Crippen LogP contribution in [0.5, 0.6) is 0 Å². The summed E-state index contributed by atoms with van der Waals surface area (Å²) in [6.07, 6.45) is 2.92. The molecule has 1 aromatic heterocycles. The zero-order valence-electron chi connectivity index (χ0n) is 12.1. The third-order valence-corrected chi connectivity index (χ3v) is 5.59. The Balaban J connectivity index is 1.42. The predicted octanol–water partition coefficient (Wildman–Crippen LogP) is 2.17. The smallest absolute Gasteiger partial charge is 0.224 e. The molecule has 2 aliphatic rings. The summed E-state index contributed by atoms with van der Waals surface area (Å²) >= 11 is 7.59. The quantitative estimate of drug-likeness (QED) is 0.901. The molecule has 1 aromatic rings. The monoisotopic (exact) mass is 327 g/mol. The highest BCUT2D eigenvalue weighted by Gasteiger charge is 2.31. The van der Waals surface area contributed by atoms with Crippen LogP contribution in [0.15, 0.2) is 12.1 Å². The van der Waals surface area contributed by atoms with Gasteiger partial charge in [0.1, 0.15) is 0 Å². The maximum Gasteiger partial charge on any atom is 0.224 e. The van der Waals surface area contributed by atoms with E-state index in [1.807, 2.05) is 11.0 Å². The number of nitrogens with zero attached hydrogens (tertiary/aromatic N) is 2. The van der Waals surface area contributed by atoms with E-state index in [-0.39, 0.29) is 11.9 Å². The van der Waals surface area contributed by atoms with Crippen molar-refractivity contribution in [2.24, 2.45) is 11.7 Å². The molecule has 1 aliphatic carbocycles.